The molecule has 3 rings (SSSR count). The molecular weight excluding hydrogens is 327 g/mol. The maximum atomic E-state index is 13.5. The molecule has 0 radical (unpaired) electrons. The molecular formula is C18H17FN2O2S. The van der Waals surface area contributed by atoms with Crippen molar-refractivity contribution in [3.05, 3.63) is 59.4 Å². The van der Waals surface area contributed by atoms with Crippen LogP contribution in [0.25, 0.3) is 0 Å². The van der Waals surface area contributed by atoms with Gasteiger partial charge in [0, 0.05) is 28.8 Å². The average Bonchev–Trinajstić information content (AvgIpc) is 2.55. The third-order valence-electron chi connectivity index (χ3n) is 3.78. The first-order valence-corrected chi connectivity index (χ1v) is 8.62. The van der Waals surface area contributed by atoms with Crippen molar-refractivity contribution in [1.29, 1.82) is 0 Å². The lowest BCUT2D eigenvalue weighted by Gasteiger charge is -2.26. The zero-order valence-electron chi connectivity index (χ0n) is 13.1. The predicted octanol–water partition coefficient (Wildman–Crippen LogP) is 3.75. The molecule has 1 aliphatic rings. The Labute approximate surface area is 143 Å². The zero-order valence-corrected chi connectivity index (χ0v) is 14.0. The van der Waals surface area contributed by atoms with Gasteiger partial charge in [-0.15, -0.1) is 11.8 Å². The van der Waals surface area contributed by atoms with Crippen molar-refractivity contribution < 1.29 is 14.0 Å². The molecule has 2 aromatic rings. The van der Waals surface area contributed by atoms with Crippen molar-refractivity contribution in [3.63, 3.8) is 0 Å². The fourth-order valence-electron chi connectivity index (χ4n) is 2.67. The Morgan fingerprint density at radius 1 is 1.17 bits per heavy atom. The van der Waals surface area contributed by atoms with Crippen LogP contribution in [0.1, 0.15) is 35.3 Å². The highest BCUT2D eigenvalue weighted by Gasteiger charge is 2.23. The molecule has 2 aromatic carbocycles. The smallest absolute Gasteiger partial charge is 0.251 e. The summed E-state index contributed by atoms with van der Waals surface area (Å²) in [5.74, 6) is 0.211. The Hall–Kier alpha value is -2.34. The molecule has 2 amide bonds. The average molecular weight is 344 g/mol. The highest BCUT2D eigenvalue weighted by atomic mass is 32.2. The van der Waals surface area contributed by atoms with Gasteiger partial charge in [0.1, 0.15) is 5.82 Å². The van der Waals surface area contributed by atoms with Gasteiger partial charge in [-0.05, 0) is 54.4 Å². The van der Waals surface area contributed by atoms with Crippen LogP contribution in [0.15, 0.2) is 47.4 Å². The van der Waals surface area contributed by atoms with Gasteiger partial charge in [-0.1, -0.05) is 0 Å². The Balaban J connectivity index is 1.74. The van der Waals surface area contributed by atoms with Crippen molar-refractivity contribution >= 4 is 29.3 Å². The Morgan fingerprint density at radius 3 is 2.62 bits per heavy atom. The number of hydrogen-bond acceptors (Lipinski definition) is 3. The molecule has 4 nitrogen and oxygen atoms in total. The van der Waals surface area contributed by atoms with Gasteiger partial charge in [0.2, 0.25) is 5.91 Å². The largest absolute Gasteiger partial charge is 0.345 e. The van der Waals surface area contributed by atoms with Crippen molar-refractivity contribution in [3.8, 4) is 0 Å². The maximum absolute atomic E-state index is 13.5. The minimum absolute atomic E-state index is 0.162. The number of carbonyl (C=O) groups excluding carboxylic acids is 2. The first-order chi connectivity index (χ1) is 11.5. The standard InChI is InChI=1S/C18H17FN2O2S/c1-11(22)20-14-5-2-12(3-6-14)18(23)21-16-8-9-24-17-7-4-13(19)10-15(16)17/h2-7,10,16H,8-9H2,1H3,(H,20,22)(H,21,23). The van der Waals surface area contributed by atoms with Gasteiger partial charge in [0.05, 0.1) is 6.04 Å². The second-order valence-corrected chi connectivity index (χ2v) is 6.74. The quantitative estimate of drug-likeness (QED) is 0.891. The van der Waals surface area contributed by atoms with Crippen LogP contribution in [0.5, 0.6) is 0 Å². The van der Waals surface area contributed by atoms with Gasteiger partial charge in [0.15, 0.2) is 0 Å². The fraction of sp³-hybridized carbons (Fsp3) is 0.222. The van der Waals surface area contributed by atoms with Crippen LogP contribution in [0.4, 0.5) is 10.1 Å². The van der Waals surface area contributed by atoms with E-state index in [0.29, 0.717) is 11.3 Å². The zero-order chi connectivity index (χ0) is 17.1. The number of rotatable bonds is 3. The van der Waals surface area contributed by atoms with E-state index in [0.717, 1.165) is 22.6 Å². The number of fused-ring (bicyclic) bond motifs is 1. The van der Waals surface area contributed by atoms with Crippen LogP contribution < -0.4 is 10.6 Å². The summed E-state index contributed by atoms with van der Waals surface area (Å²) in [6, 6.07) is 11.2. The van der Waals surface area contributed by atoms with E-state index in [2.05, 4.69) is 10.6 Å². The van der Waals surface area contributed by atoms with Gasteiger partial charge < -0.3 is 10.6 Å². The third-order valence-corrected chi connectivity index (χ3v) is 4.91. The summed E-state index contributed by atoms with van der Waals surface area (Å²) >= 11 is 1.67. The van der Waals surface area contributed by atoms with Gasteiger partial charge in [-0.2, -0.15) is 0 Å². The number of amides is 2. The normalized spacial score (nSPS) is 16.2. The molecule has 0 saturated carbocycles. The second-order valence-electron chi connectivity index (χ2n) is 5.60. The molecule has 6 heteroatoms. The minimum atomic E-state index is -0.296. The molecule has 1 atom stereocenters. The van der Waals surface area contributed by atoms with E-state index in [1.165, 1.54) is 19.1 Å². The molecule has 0 aliphatic carbocycles. The number of halogens is 1. The highest BCUT2D eigenvalue weighted by Crippen LogP contribution is 2.36. The monoisotopic (exact) mass is 344 g/mol. The molecule has 24 heavy (non-hydrogen) atoms. The molecule has 124 valence electrons. The van der Waals surface area contributed by atoms with Gasteiger partial charge in [0.25, 0.3) is 5.91 Å². The third kappa shape index (κ3) is 3.76. The number of benzene rings is 2. The van der Waals surface area contributed by atoms with Gasteiger partial charge in [-0.3, -0.25) is 9.59 Å². The summed E-state index contributed by atoms with van der Waals surface area (Å²) in [6.07, 6.45) is 0.761. The lowest BCUT2D eigenvalue weighted by molar-refractivity contribution is -0.114. The predicted molar refractivity (Wildman–Crippen MR) is 92.7 cm³/mol. The van der Waals surface area contributed by atoms with Crippen LogP contribution in [0.3, 0.4) is 0 Å². The molecule has 0 saturated heterocycles. The first kappa shape index (κ1) is 16.5. The van der Waals surface area contributed by atoms with Crippen LogP contribution in [0, 0.1) is 5.82 Å². The lowest BCUT2D eigenvalue weighted by atomic mass is 10.0. The van der Waals surface area contributed by atoms with Crippen LogP contribution in [0.2, 0.25) is 0 Å². The van der Waals surface area contributed by atoms with Crippen molar-refractivity contribution in [2.24, 2.45) is 0 Å². The first-order valence-electron chi connectivity index (χ1n) is 7.64. The molecule has 1 heterocycles. The molecule has 1 aliphatic heterocycles. The van der Waals surface area contributed by atoms with Gasteiger partial charge >= 0.3 is 0 Å². The minimum Gasteiger partial charge on any atom is -0.345 e. The SMILES string of the molecule is CC(=O)Nc1ccc(C(=O)NC2CCSc3ccc(F)cc32)cc1. The van der Waals surface area contributed by atoms with E-state index >= 15 is 0 Å². The van der Waals surface area contributed by atoms with Crippen LogP contribution in [-0.4, -0.2) is 17.6 Å². The molecule has 0 bridgehead atoms. The van der Waals surface area contributed by atoms with Gasteiger partial charge in [-0.25, -0.2) is 4.39 Å². The van der Waals surface area contributed by atoms with Crippen molar-refractivity contribution in [1.82, 2.24) is 5.32 Å². The molecule has 2 N–H and O–H groups in total. The van der Waals surface area contributed by atoms with Crippen molar-refractivity contribution in [2.45, 2.75) is 24.3 Å². The Kier molecular flexibility index (Phi) is 4.85. The summed E-state index contributed by atoms with van der Waals surface area (Å²) in [5.41, 5.74) is 1.97. The summed E-state index contributed by atoms with van der Waals surface area (Å²) in [4.78, 5) is 24.5. The summed E-state index contributed by atoms with van der Waals surface area (Å²) in [7, 11) is 0. The molecule has 1 unspecified atom stereocenters. The highest BCUT2D eigenvalue weighted by molar-refractivity contribution is 7.99. The molecule has 0 aromatic heterocycles. The van der Waals surface area contributed by atoms with E-state index < -0.39 is 0 Å². The summed E-state index contributed by atoms with van der Waals surface area (Å²) in [5, 5.41) is 5.63. The summed E-state index contributed by atoms with van der Waals surface area (Å²) in [6.45, 7) is 1.43. The van der Waals surface area contributed by atoms with E-state index in [1.807, 2.05) is 0 Å². The fourth-order valence-corrected chi connectivity index (χ4v) is 3.77. The number of nitrogens with one attached hydrogen (secondary N) is 2. The summed E-state index contributed by atoms with van der Waals surface area (Å²) < 4.78 is 13.5. The maximum Gasteiger partial charge on any atom is 0.251 e. The van der Waals surface area contributed by atoms with Crippen LogP contribution >= 0.6 is 11.8 Å². The number of hydrogen-bond donors (Lipinski definition) is 2. The van der Waals surface area contributed by atoms with E-state index in [-0.39, 0.29) is 23.7 Å². The topological polar surface area (TPSA) is 58.2 Å². The van der Waals surface area contributed by atoms with E-state index in [1.54, 1.807) is 42.1 Å². The second kappa shape index (κ2) is 7.05. The van der Waals surface area contributed by atoms with Crippen molar-refractivity contribution in [2.75, 3.05) is 11.1 Å². The number of anilines is 1. The Morgan fingerprint density at radius 2 is 1.92 bits per heavy atom. The number of thioether (sulfide) groups is 1. The van der Waals surface area contributed by atoms with E-state index in [4.69, 9.17) is 0 Å². The molecule has 0 spiro atoms. The molecule has 0 fully saturated rings. The number of carbonyl (C=O) groups is 2. The van der Waals surface area contributed by atoms with E-state index in [9.17, 15) is 14.0 Å². The Bertz CT molecular complexity index is 777. The van der Waals surface area contributed by atoms with Crippen LogP contribution in [-0.2, 0) is 4.79 Å². The lowest BCUT2D eigenvalue weighted by Crippen LogP contribution is -2.30.